The summed E-state index contributed by atoms with van der Waals surface area (Å²) in [5.41, 5.74) is -0.696. The zero-order chi connectivity index (χ0) is 19.1. The van der Waals surface area contributed by atoms with Gasteiger partial charge in [-0.25, -0.2) is 0 Å². The smallest absolute Gasteiger partial charge is 0.243 e. The quantitative estimate of drug-likeness (QED) is 0.690. The summed E-state index contributed by atoms with van der Waals surface area (Å²) < 4.78 is 0. The van der Waals surface area contributed by atoms with Gasteiger partial charge in [-0.15, -0.1) is 0 Å². The predicted octanol–water partition coefficient (Wildman–Crippen LogP) is 3.17. The number of carbonyl (C=O) groups excluding carboxylic acids is 3. The molecule has 0 bridgehead atoms. The van der Waals surface area contributed by atoms with Gasteiger partial charge < -0.3 is 10.2 Å². The average Bonchev–Trinajstić information content (AvgIpc) is 2.40. The van der Waals surface area contributed by atoms with Crippen LogP contribution in [-0.4, -0.2) is 42.1 Å². The fourth-order valence-corrected chi connectivity index (χ4v) is 2.15. The highest BCUT2D eigenvalue weighted by molar-refractivity contribution is 5.94. The van der Waals surface area contributed by atoms with E-state index < -0.39 is 11.5 Å². The monoisotopic (exact) mass is 340 g/mol. The van der Waals surface area contributed by atoms with Gasteiger partial charge in [-0.1, -0.05) is 54.9 Å². The first kappa shape index (κ1) is 22.6. The minimum absolute atomic E-state index is 0.0199. The summed E-state index contributed by atoms with van der Waals surface area (Å²) >= 11 is 0. The van der Waals surface area contributed by atoms with Crippen LogP contribution in [0.3, 0.4) is 0 Å². The molecule has 0 rings (SSSR count). The lowest BCUT2D eigenvalue weighted by atomic mass is 9.86. The third-order valence-corrected chi connectivity index (χ3v) is 3.89. The first-order valence-electron chi connectivity index (χ1n) is 8.86. The molecule has 0 saturated carbocycles. The number of hydrogen-bond donors (Lipinski definition) is 1. The molecule has 0 aromatic carbocycles. The van der Waals surface area contributed by atoms with Gasteiger partial charge in [0.15, 0.2) is 0 Å². The maximum Gasteiger partial charge on any atom is 0.243 e. The summed E-state index contributed by atoms with van der Waals surface area (Å²) in [4.78, 5) is 38.9. The first-order chi connectivity index (χ1) is 10.8. The van der Waals surface area contributed by atoms with E-state index in [0.29, 0.717) is 13.0 Å². The van der Waals surface area contributed by atoms with Crippen molar-refractivity contribution in [3.63, 3.8) is 0 Å². The second-order valence-corrected chi connectivity index (χ2v) is 8.78. The van der Waals surface area contributed by atoms with E-state index in [2.05, 4.69) is 5.32 Å². The molecule has 0 heterocycles. The molecule has 1 atom stereocenters. The van der Waals surface area contributed by atoms with E-state index in [1.807, 2.05) is 48.5 Å². The van der Waals surface area contributed by atoms with Crippen LogP contribution in [-0.2, 0) is 14.4 Å². The third-order valence-electron chi connectivity index (χ3n) is 3.89. The first-order valence-corrected chi connectivity index (χ1v) is 8.86. The summed E-state index contributed by atoms with van der Waals surface area (Å²) in [6.45, 7) is 14.1. The van der Waals surface area contributed by atoms with Crippen LogP contribution in [0.1, 0.15) is 74.1 Å². The van der Waals surface area contributed by atoms with Crippen molar-refractivity contribution in [2.24, 2.45) is 10.8 Å². The van der Waals surface area contributed by atoms with Crippen molar-refractivity contribution in [2.45, 2.75) is 80.2 Å². The molecule has 0 spiro atoms. The number of amides is 2. The molecule has 0 aromatic rings. The highest BCUT2D eigenvalue weighted by Crippen LogP contribution is 2.23. The van der Waals surface area contributed by atoms with Crippen LogP contribution < -0.4 is 5.32 Å². The van der Waals surface area contributed by atoms with Gasteiger partial charge in [-0.05, 0) is 11.8 Å². The standard InChI is InChI=1S/C19H36N2O3/c1-9-10-11-20-17(24)14(12-15(22)19(5,6)7)21(8)16(23)13-18(2,3)4/h14H,9-13H2,1-8H3,(H,20,24). The van der Waals surface area contributed by atoms with Gasteiger partial charge in [0.2, 0.25) is 11.8 Å². The Balaban J connectivity index is 5.19. The molecule has 0 aliphatic heterocycles. The fraction of sp³-hybridized carbons (Fsp3) is 0.842. The number of Topliss-reactive ketones (excluding diaryl/α,β-unsaturated/α-hetero) is 1. The summed E-state index contributed by atoms with van der Waals surface area (Å²) in [7, 11) is 1.62. The minimum Gasteiger partial charge on any atom is -0.354 e. The van der Waals surface area contributed by atoms with Gasteiger partial charge >= 0.3 is 0 Å². The van der Waals surface area contributed by atoms with E-state index in [4.69, 9.17) is 0 Å². The molecule has 1 N–H and O–H groups in total. The van der Waals surface area contributed by atoms with Gasteiger partial charge in [-0.2, -0.15) is 0 Å². The van der Waals surface area contributed by atoms with Crippen molar-refractivity contribution in [1.29, 1.82) is 0 Å². The van der Waals surface area contributed by atoms with E-state index in [1.54, 1.807) is 7.05 Å². The Morgan fingerprint density at radius 3 is 2.00 bits per heavy atom. The number of carbonyl (C=O) groups is 3. The Morgan fingerprint density at radius 1 is 1.04 bits per heavy atom. The van der Waals surface area contributed by atoms with Crippen LogP contribution >= 0.6 is 0 Å². The highest BCUT2D eigenvalue weighted by atomic mass is 16.2. The van der Waals surface area contributed by atoms with Crippen LogP contribution in [0.25, 0.3) is 0 Å². The molecule has 1 unspecified atom stereocenters. The lowest BCUT2D eigenvalue weighted by Crippen LogP contribution is -2.50. The van der Waals surface area contributed by atoms with Crippen LogP contribution in [0.15, 0.2) is 0 Å². The summed E-state index contributed by atoms with van der Waals surface area (Å²) in [5, 5.41) is 2.85. The molecule has 0 radical (unpaired) electrons. The molecule has 0 fully saturated rings. The summed E-state index contributed by atoms with van der Waals surface area (Å²) in [5.74, 6) is -0.376. The van der Waals surface area contributed by atoms with Crippen LogP contribution in [0.5, 0.6) is 0 Å². The molecule has 0 aliphatic carbocycles. The number of unbranched alkanes of at least 4 members (excludes halogenated alkanes) is 1. The van der Waals surface area contributed by atoms with Gasteiger partial charge in [-0.3, -0.25) is 14.4 Å². The maximum absolute atomic E-state index is 12.5. The Hall–Kier alpha value is -1.39. The van der Waals surface area contributed by atoms with Gasteiger partial charge in [0.05, 0.1) is 0 Å². The van der Waals surface area contributed by atoms with Gasteiger partial charge in [0.25, 0.3) is 0 Å². The lowest BCUT2D eigenvalue weighted by molar-refractivity contribution is -0.142. The van der Waals surface area contributed by atoms with E-state index in [9.17, 15) is 14.4 Å². The van der Waals surface area contributed by atoms with E-state index in [-0.39, 0.29) is 29.4 Å². The van der Waals surface area contributed by atoms with Crippen molar-refractivity contribution < 1.29 is 14.4 Å². The summed E-state index contributed by atoms with van der Waals surface area (Å²) in [6.07, 6.45) is 2.25. The van der Waals surface area contributed by atoms with E-state index in [1.165, 1.54) is 4.90 Å². The number of nitrogens with one attached hydrogen (secondary N) is 1. The zero-order valence-corrected chi connectivity index (χ0v) is 16.8. The molecule has 5 nitrogen and oxygen atoms in total. The molecule has 140 valence electrons. The van der Waals surface area contributed by atoms with Crippen LogP contribution in [0, 0.1) is 10.8 Å². The molecular formula is C19H36N2O3. The van der Waals surface area contributed by atoms with Gasteiger partial charge in [0, 0.05) is 31.8 Å². The number of hydrogen-bond acceptors (Lipinski definition) is 3. The molecular weight excluding hydrogens is 304 g/mol. The molecule has 0 aromatic heterocycles. The maximum atomic E-state index is 12.5. The van der Waals surface area contributed by atoms with Crippen molar-refractivity contribution in [3.8, 4) is 0 Å². The number of ketones is 1. The summed E-state index contributed by atoms with van der Waals surface area (Å²) in [6, 6.07) is -0.747. The van der Waals surface area contributed by atoms with E-state index >= 15 is 0 Å². The number of rotatable bonds is 8. The second kappa shape index (κ2) is 9.19. The Labute approximate surface area is 147 Å². The number of likely N-dealkylation sites (N-methyl/N-ethyl adjacent to an activating group) is 1. The largest absolute Gasteiger partial charge is 0.354 e. The molecule has 0 aliphatic rings. The van der Waals surface area contributed by atoms with Crippen molar-refractivity contribution in [3.05, 3.63) is 0 Å². The van der Waals surface area contributed by atoms with Crippen molar-refractivity contribution in [2.75, 3.05) is 13.6 Å². The van der Waals surface area contributed by atoms with Crippen molar-refractivity contribution in [1.82, 2.24) is 10.2 Å². The normalized spacial score (nSPS) is 13.3. The average molecular weight is 341 g/mol. The zero-order valence-electron chi connectivity index (χ0n) is 16.8. The van der Waals surface area contributed by atoms with Gasteiger partial charge in [0.1, 0.15) is 11.8 Å². The fourth-order valence-electron chi connectivity index (χ4n) is 2.15. The molecule has 0 saturated heterocycles. The molecule has 2 amide bonds. The number of nitrogens with zero attached hydrogens (tertiary/aromatic N) is 1. The highest BCUT2D eigenvalue weighted by Gasteiger charge is 2.33. The van der Waals surface area contributed by atoms with E-state index in [0.717, 1.165) is 12.8 Å². The molecule has 5 heteroatoms. The Bertz CT molecular complexity index is 445. The topological polar surface area (TPSA) is 66.5 Å². The Kier molecular flexibility index (Phi) is 8.65. The molecule has 24 heavy (non-hydrogen) atoms. The van der Waals surface area contributed by atoms with Crippen LogP contribution in [0.2, 0.25) is 0 Å². The minimum atomic E-state index is -0.747. The van der Waals surface area contributed by atoms with Crippen molar-refractivity contribution >= 4 is 17.6 Å². The Morgan fingerprint density at radius 2 is 1.58 bits per heavy atom. The second-order valence-electron chi connectivity index (χ2n) is 8.78. The lowest BCUT2D eigenvalue weighted by Gasteiger charge is -2.31. The SMILES string of the molecule is CCCCNC(=O)C(CC(=O)C(C)(C)C)N(C)C(=O)CC(C)(C)C. The predicted molar refractivity (Wildman–Crippen MR) is 97.6 cm³/mol. The third kappa shape index (κ3) is 8.46. The van der Waals surface area contributed by atoms with Crippen LogP contribution in [0.4, 0.5) is 0 Å².